The van der Waals surface area contributed by atoms with Crippen LogP contribution in [-0.4, -0.2) is 15.0 Å². The fraction of sp³-hybridized carbons (Fsp3) is 0.333. The minimum Gasteiger partial charge on any atom is -0.339 e. The lowest BCUT2D eigenvalue weighted by Crippen LogP contribution is -2.30. The Morgan fingerprint density at radius 2 is 2.14 bits per heavy atom. The highest BCUT2D eigenvalue weighted by Crippen LogP contribution is 2.23. The lowest BCUT2D eigenvalue weighted by Gasteiger charge is -2.13. The summed E-state index contributed by atoms with van der Waals surface area (Å²) in [6, 6.07) is 0. The Labute approximate surface area is 90.1 Å². The van der Waals surface area contributed by atoms with Gasteiger partial charge in [-0.2, -0.15) is 0 Å². The standard InChI is InChI=1S/C9H11BrN4/c1-9(2,11)8-13-6-4-12-3-5(10)7(6)14-8/h3-4H,11H2,1-2H3,(H,13,14). The van der Waals surface area contributed by atoms with E-state index in [0.717, 1.165) is 21.3 Å². The van der Waals surface area contributed by atoms with Gasteiger partial charge in [-0.1, -0.05) is 0 Å². The number of rotatable bonds is 1. The summed E-state index contributed by atoms with van der Waals surface area (Å²) in [5.41, 5.74) is 7.25. The van der Waals surface area contributed by atoms with Gasteiger partial charge in [-0.05, 0) is 29.8 Å². The van der Waals surface area contributed by atoms with Gasteiger partial charge < -0.3 is 10.7 Å². The molecule has 0 saturated carbocycles. The third-order valence-corrected chi connectivity index (χ3v) is 2.54. The first kappa shape index (κ1) is 9.61. The zero-order chi connectivity index (χ0) is 10.3. The maximum absolute atomic E-state index is 5.94. The summed E-state index contributed by atoms with van der Waals surface area (Å²) in [6.07, 6.45) is 3.46. The Morgan fingerprint density at radius 3 is 2.71 bits per heavy atom. The van der Waals surface area contributed by atoms with Crippen LogP contribution in [0.2, 0.25) is 0 Å². The molecule has 3 N–H and O–H groups in total. The summed E-state index contributed by atoms with van der Waals surface area (Å²) in [5, 5.41) is 0. The van der Waals surface area contributed by atoms with Crippen LogP contribution in [0.5, 0.6) is 0 Å². The average molecular weight is 255 g/mol. The van der Waals surface area contributed by atoms with E-state index in [2.05, 4.69) is 30.9 Å². The van der Waals surface area contributed by atoms with Crippen LogP contribution in [-0.2, 0) is 5.54 Å². The van der Waals surface area contributed by atoms with E-state index in [-0.39, 0.29) is 0 Å². The molecule has 0 unspecified atom stereocenters. The Morgan fingerprint density at radius 1 is 1.43 bits per heavy atom. The van der Waals surface area contributed by atoms with Crippen LogP contribution in [0.25, 0.3) is 11.0 Å². The van der Waals surface area contributed by atoms with Gasteiger partial charge in [0.2, 0.25) is 0 Å². The van der Waals surface area contributed by atoms with Crippen molar-refractivity contribution in [2.75, 3.05) is 0 Å². The molecule has 0 aliphatic rings. The first-order valence-corrected chi connectivity index (χ1v) is 5.06. The minimum absolute atomic E-state index is 0.460. The van der Waals surface area contributed by atoms with Crippen LogP contribution < -0.4 is 5.73 Å². The molecule has 0 aliphatic carbocycles. The van der Waals surface area contributed by atoms with Crippen LogP contribution >= 0.6 is 15.9 Å². The number of fused-ring (bicyclic) bond motifs is 1. The molecule has 2 rings (SSSR count). The number of pyridine rings is 1. The minimum atomic E-state index is -0.460. The van der Waals surface area contributed by atoms with Gasteiger partial charge in [0.1, 0.15) is 11.3 Å². The number of imidazole rings is 1. The average Bonchev–Trinajstić information content (AvgIpc) is 2.48. The first-order chi connectivity index (χ1) is 6.48. The zero-order valence-corrected chi connectivity index (χ0v) is 9.59. The van der Waals surface area contributed by atoms with E-state index in [1.54, 1.807) is 12.4 Å². The Balaban J connectivity index is 2.69. The molecule has 2 heterocycles. The van der Waals surface area contributed by atoms with Gasteiger partial charge in [0.05, 0.1) is 21.7 Å². The second kappa shape index (κ2) is 3.03. The first-order valence-electron chi connectivity index (χ1n) is 4.27. The van der Waals surface area contributed by atoms with Crippen molar-refractivity contribution in [3.8, 4) is 0 Å². The van der Waals surface area contributed by atoms with Crippen molar-refractivity contribution in [1.29, 1.82) is 0 Å². The quantitative estimate of drug-likeness (QED) is 0.817. The molecule has 0 spiro atoms. The summed E-state index contributed by atoms with van der Waals surface area (Å²) in [7, 11) is 0. The second-order valence-electron chi connectivity index (χ2n) is 3.82. The molecule has 2 aromatic rings. The number of nitrogens with two attached hydrogens (primary N) is 1. The Kier molecular flexibility index (Phi) is 2.08. The molecule has 0 aromatic carbocycles. The molecule has 0 radical (unpaired) electrons. The van der Waals surface area contributed by atoms with Gasteiger partial charge in [-0.3, -0.25) is 4.98 Å². The topological polar surface area (TPSA) is 67.6 Å². The van der Waals surface area contributed by atoms with Crippen molar-refractivity contribution >= 4 is 27.0 Å². The van der Waals surface area contributed by atoms with E-state index < -0.39 is 5.54 Å². The smallest absolute Gasteiger partial charge is 0.126 e. The largest absolute Gasteiger partial charge is 0.339 e. The van der Waals surface area contributed by atoms with Crippen molar-refractivity contribution < 1.29 is 0 Å². The number of aromatic nitrogens is 3. The highest BCUT2D eigenvalue weighted by atomic mass is 79.9. The van der Waals surface area contributed by atoms with Crippen molar-refractivity contribution in [3.05, 3.63) is 22.7 Å². The lowest BCUT2D eigenvalue weighted by molar-refractivity contribution is 0.522. The van der Waals surface area contributed by atoms with E-state index in [9.17, 15) is 0 Å². The molecular weight excluding hydrogens is 244 g/mol. The maximum Gasteiger partial charge on any atom is 0.126 e. The molecule has 0 fully saturated rings. The van der Waals surface area contributed by atoms with E-state index in [1.165, 1.54) is 0 Å². The van der Waals surface area contributed by atoms with Crippen LogP contribution in [0.3, 0.4) is 0 Å². The van der Waals surface area contributed by atoms with Gasteiger partial charge in [0.25, 0.3) is 0 Å². The predicted octanol–water partition coefficient (Wildman–Crippen LogP) is 1.91. The monoisotopic (exact) mass is 254 g/mol. The molecular formula is C9H11BrN4. The van der Waals surface area contributed by atoms with Crippen molar-refractivity contribution in [2.45, 2.75) is 19.4 Å². The normalized spacial score (nSPS) is 12.3. The van der Waals surface area contributed by atoms with Crippen LogP contribution in [0.4, 0.5) is 0 Å². The molecule has 4 nitrogen and oxygen atoms in total. The van der Waals surface area contributed by atoms with E-state index in [4.69, 9.17) is 5.73 Å². The highest BCUT2D eigenvalue weighted by molar-refractivity contribution is 9.10. The summed E-state index contributed by atoms with van der Waals surface area (Å²) in [5.74, 6) is 0.765. The number of nitrogens with zero attached hydrogens (tertiary/aromatic N) is 2. The molecule has 2 aromatic heterocycles. The summed E-state index contributed by atoms with van der Waals surface area (Å²) in [6.45, 7) is 3.82. The third-order valence-electron chi connectivity index (χ3n) is 1.96. The van der Waals surface area contributed by atoms with E-state index in [1.807, 2.05) is 13.8 Å². The van der Waals surface area contributed by atoms with Crippen LogP contribution in [0.1, 0.15) is 19.7 Å². The fourth-order valence-corrected chi connectivity index (χ4v) is 1.63. The molecule has 0 amide bonds. The molecule has 74 valence electrons. The summed E-state index contributed by atoms with van der Waals surface area (Å²) in [4.78, 5) is 11.6. The van der Waals surface area contributed by atoms with Gasteiger partial charge >= 0.3 is 0 Å². The SMILES string of the molecule is CC(C)(N)c1nc2c(Br)cncc2[nH]1. The van der Waals surface area contributed by atoms with Gasteiger partial charge in [-0.15, -0.1) is 0 Å². The predicted molar refractivity (Wildman–Crippen MR) is 58.8 cm³/mol. The lowest BCUT2D eigenvalue weighted by atomic mass is 10.1. The highest BCUT2D eigenvalue weighted by Gasteiger charge is 2.19. The van der Waals surface area contributed by atoms with E-state index in [0.29, 0.717) is 0 Å². The van der Waals surface area contributed by atoms with Crippen molar-refractivity contribution in [1.82, 2.24) is 15.0 Å². The second-order valence-corrected chi connectivity index (χ2v) is 4.68. The summed E-state index contributed by atoms with van der Waals surface area (Å²) >= 11 is 3.39. The van der Waals surface area contributed by atoms with Crippen molar-refractivity contribution in [3.63, 3.8) is 0 Å². The molecule has 0 atom stereocenters. The number of nitrogens with one attached hydrogen (secondary N) is 1. The molecule has 5 heteroatoms. The van der Waals surface area contributed by atoms with Crippen LogP contribution in [0.15, 0.2) is 16.9 Å². The zero-order valence-electron chi connectivity index (χ0n) is 8.00. The van der Waals surface area contributed by atoms with Gasteiger partial charge in [-0.25, -0.2) is 4.98 Å². The molecule has 0 saturated heterocycles. The Bertz CT molecular complexity index is 469. The molecule has 0 aliphatic heterocycles. The Hall–Kier alpha value is -0.940. The van der Waals surface area contributed by atoms with E-state index >= 15 is 0 Å². The number of hydrogen-bond acceptors (Lipinski definition) is 3. The third kappa shape index (κ3) is 1.53. The number of aromatic amines is 1. The molecule has 0 bridgehead atoms. The molecule has 14 heavy (non-hydrogen) atoms. The van der Waals surface area contributed by atoms with Gasteiger partial charge in [0, 0.05) is 6.20 Å². The summed E-state index contributed by atoms with van der Waals surface area (Å²) < 4.78 is 0.877. The number of H-pyrrole nitrogens is 1. The van der Waals surface area contributed by atoms with Gasteiger partial charge in [0.15, 0.2) is 0 Å². The number of hydrogen-bond donors (Lipinski definition) is 2. The van der Waals surface area contributed by atoms with Crippen LogP contribution in [0, 0.1) is 0 Å². The number of halogens is 1. The fourth-order valence-electron chi connectivity index (χ4n) is 1.21. The maximum atomic E-state index is 5.94. The van der Waals surface area contributed by atoms with Crippen molar-refractivity contribution in [2.24, 2.45) is 5.73 Å².